The van der Waals surface area contributed by atoms with Crippen molar-refractivity contribution in [3.8, 4) is 5.75 Å². The zero-order valence-corrected chi connectivity index (χ0v) is 14.2. The number of para-hydroxylation sites is 1. The molecule has 24 heavy (non-hydrogen) atoms. The number of aliphatic hydroxyl groups is 1. The molecule has 1 aromatic carbocycles. The van der Waals surface area contributed by atoms with Crippen LogP contribution in [0.2, 0.25) is 0 Å². The Balaban J connectivity index is 1.97. The number of rotatable bonds is 7. The topological polar surface area (TPSA) is 102 Å². The van der Waals surface area contributed by atoms with E-state index in [1.54, 1.807) is 14.0 Å². The van der Waals surface area contributed by atoms with Crippen LogP contribution in [0.25, 0.3) is 0 Å². The van der Waals surface area contributed by atoms with Crippen molar-refractivity contribution in [2.45, 2.75) is 26.9 Å². The molecule has 1 heterocycles. The molecule has 0 radical (unpaired) electrons. The summed E-state index contributed by atoms with van der Waals surface area (Å²) in [6.07, 6.45) is -0.821. The second-order valence-electron chi connectivity index (χ2n) is 5.73. The van der Waals surface area contributed by atoms with Gasteiger partial charge in [0.05, 0.1) is 4.92 Å². The highest BCUT2D eigenvalue weighted by Crippen LogP contribution is 2.27. The number of aryl methyl sites for hydroxylation is 4. The first-order valence-electron chi connectivity index (χ1n) is 7.60. The predicted molar refractivity (Wildman–Crippen MR) is 90.5 cm³/mol. The predicted octanol–water partition coefficient (Wildman–Crippen LogP) is 2.11. The molecule has 0 saturated carbocycles. The van der Waals surface area contributed by atoms with Crippen molar-refractivity contribution in [3.63, 3.8) is 0 Å². The van der Waals surface area contributed by atoms with Crippen LogP contribution in [0.15, 0.2) is 18.2 Å². The maximum atomic E-state index is 11.1. The Kier molecular flexibility index (Phi) is 5.40. The van der Waals surface area contributed by atoms with Crippen molar-refractivity contribution in [1.82, 2.24) is 9.78 Å². The minimum atomic E-state index is -0.821. The Hall–Kier alpha value is -2.61. The van der Waals surface area contributed by atoms with Crippen LogP contribution in [0.3, 0.4) is 0 Å². The van der Waals surface area contributed by atoms with Crippen molar-refractivity contribution in [2.75, 3.05) is 18.5 Å². The normalized spacial score (nSPS) is 12.0. The van der Waals surface area contributed by atoms with Gasteiger partial charge in [0.2, 0.25) is 5.82 Å². The molecule has 2 aromatic rings. The van der Waals surface area contributed by atoms with Crippen molar-refractivity contribution < 1.29 is 14.8 Å². The number of nitro groups is 1. The summed E-state index contributed by atoms with van der Waals surface area (Å²) in [5.41, 5.74) is 2.23. The van der Waals surface area contributed by atoms with E-state index in [-0.39, 0.29) is 24.7 Å². The average molecular weight is 334 g/mol. The lowest BCUT2D eigenvalue weighted by atomic mass is 10.1. The number of ether oxygens (including phenoxy) is 1. The van der Waals surface area contributed by atoms with E-state index in [0.29, 0.717) is 5.69 Å². The summed E-state index contributed by atoms with van der Waals surface area (Å²) in [5, 5.41) is 28.1. The minimum Gasteiger partial charge on any atom is -0.490 e. The van der Waals surface area contributed by atoms with Gasteiger partial charge >= 0.3 is 5.69 Å². The Bertz CT molecular complexity index is 722. The van der Waals surface area contributed by atoms with Crippen molar-refractivity contribution in [1.29, 1.82) is 0 Å². The average Bonchev–Trinajstić information content (AvgIpc) is 2.78. The SMILES string of the molecule is Cc1cccc(C)c1OCC(O)CNc1c([N+](=O)[O-])c(C)nn1C. The summed E-state index contributed by atoms with van der Waals surface area (Å²) in [7, 11) is 1.61. The lowest BCUT2D eigenvalue weighted by molar-refractivity contribution is -0.384. The molecule has 1 aromatic heterocycles. The van der Waals surface area contributed by atoms with Gasteiger partial charge < -0.3 is 15.2 Å². The molecule has 0 spiro atoms. The van der Waals surface area contributed by atoms with Crippen LogP contribution in [-0.2, 0) is 7.05 Å². The molecule has 0 saturated heterocycles. The maximum Gasteiger partial charge on any atom is 0.333 e. The minimum absolute atomic E-state index is 0.0830. The molecule has 0 amide bonds. The van der Waals surface area contributed by atoms with Gasteiger partial charge in [0, 0.05) is 13.6 Å². The summed E-state index contributed by atoms with van der Waals surface area (Å²) in [5.74, 6) is 1.02. The Morgan fingerprint density at radius 1 is 1.38 bits per heavy atom. The van der Waals surface area contributed by atoms with Crippen LogP contribution in [0.5, 0.6) is 5.75 Å². The molecule has 130 valence electrons. The molecule has 0 aliphatic heterocycles. The molecule has 8 nitrogen and oxygen atoms in total. The Morgan fingerprint density at radius 2 is 2.00 bits per heavy atom. The van der Waals surface area contributed by atoms with E-state index in [9.17, 15) is 15.2 Å². The highest BCUT2D eigenvalue weighted by atomic mass is 16.6. The number of anilines is 1. The van der Waals surface area contributed by atoms with E-state index in [4.69, 9.17) is 4.74 Å². The largest absolute Gasteiger partial charge is 0.490 e. The van der Waals surface area contributed by atoms with E-state index in [1.165, 1.54) is 4.68 Å². The molecule has 0 aliphatic rings. The number of aliphatic hydroxyl groups excluding tert-OH is 1. The first-order chi connectivity index (χ1) is 11.3. The third-order valence-electron chi connectivity index (χ3n) is 3.71. The molecular formula is C16H22N4O4. The molecule has 2 rings (SSSR count). The van der Waals surface area contributed by atoms with Crippen LogP contribution >= 0.6 is 0 Å². The Morgan fingerprint density at radius 3 is 2.58 bits per heavy atom. The molecule has 0 bridgehead atoms. The van der Waals surface area contributed by atoms with Gasteiger partial charge in [0.25, 0.3) is 0 Å². The van der Waals surface area contributed by atoms with Gasteiger partial charge in [-0.3, -0.25) is 10.1 Å². The monoisotopic (exact) mass is 334 g/mol. The third kappa shape index (κ3) is 3.83. The highest BCUT2D eigenvalue weighted by molar-refractivity contribution is 5.59. The smallest absolute Gasteiger partial charge is 0.333 e. The van der Waals surface area contributed by atoms with Crippen LogP contribution in [0.4, 0.5) is 11.5 Å². The Labute approximate surface area is 140 Å². The molecule has 2 N–H and O–H groups in total. The van der Waals surface area contributed by atoms with E-state index in [0.717, 1.165) is 16.9 Å². The van der Waals surface area contributed by atoms with E-state index in [1.807, 2.05) is 32.0 Å². The third-order valence-corrected chi connectivity index (χ3v) is 3.71. The van der Waals surface area contributed by atoms with Gasteiger partial charge in [0.1, 0.15) is 24.2 Å². The number of benzene rings is 1. The van der Waals surface area contributed by atoms with Crippen molar-refractivity contribution in [2.24, 2.45) is 7.05 Å². The first-order valence-corrected chi connectivity index (χ1v) is 7.60. The molecule has 8 heteroatoms. The van der Waals surface area contributed by atoms with Gasteiger partial charge in [-0.1, -0.05) is 18.2 Å². The zero-order chi connectivity index (χ0) is 17.9. The first kappa shape index (κ1) is 17.7. The lowest BCUT2D eigenvalue weighted by Gasteiger charge is -2.16. The van der Waals surface area contributed by atoms with E-state index < -0.39 is 11.0 Å². The standard InChI is InChI=1S/C16H22N4O4/c1-10-6-5-7-11(2)15(10)24-9-13(21)8-17-16-14(20(22)23)12(3)18-19(16)4/h5-7,13,17,21H,8-9H2,1-4H3. The summed E-state index contributed by atoms with van der Waals surface area (Å²) in [6.45, 7) is 5.65. The summed E-state index contributed by atoms with van der Waals surface area (Å²) in [6, 6.07) is 5.82. The van der Waals surface area contributed by atoms with Gasteiger partial charge in [-0.2, -0.15) is 5.10 Å². The molecular weight excluding hydrogens is 312 g/mol. The zero-order valence-electron chi connectivity index (χ0n) is 14.2. The second kappa shape index (κ2) is 7.31. The highest BCUT2D eigenvalue weighted by Gasteiger charge is 2.24. The number of nitrogens with one attached hydrogen (secondary N) is 1. The van der Waals surface area contributed by atoms with Gasteiger partial charge in [-0.25, -0.2) is 4.68 Å². The van der Waals surface area contributed by atoms with Crippen LogP contribution < -0.4 is 10.1 Å². The van der Waals surface area contributed by atoms with Crippen LogP contribution in [-0.4, -0.2) is 39.1 Å². The van der Waals surface area contributed by atoms with Crippen LogP contribution in [0.1, 0.15) is 16.8 Å². The number of aromatic nitrogens is 2. The fourth-order valence-corrected chi connectivity index (χ4v) is 2.54. The molecule has 0 aliphatic carbocycles. The summed E-state index contributed by atoms with van der Waals surface area (Å²) >= 11 is 0. The quantitative estimate of drug-likeness (QED) is 0.594. The van der Waals surface area contributed by atoms with E-state index >= 15 is 0 Å². The van der Waals surface area contributed by atoms with Gasteiger partial charge in [-0.05, 0) is 31.9 Å². The van der Waals surface area contributed by atoms with E-state index in [2.05, 4.69) is 10.4 Å². The second-order valence-corrected chi connectivity index (χ2v) is 5.73. The summed E-state index contributed by atoms with van der Waals surface area (Å²) < 4.78 is 7.08. The fraction of sp³-hybridized carbons (Fsp3) is 0.438. The molecule has 0 fully saturated rings. The van der Waals surface area contributed by atoms with Gasteiger partial charge in [0.15, 0.2) is 0 Å². The summed E-state index contributed by atoms with van der Waals surface area (Å²) in [4.78, 5) is 10.6. The van der Waals surface area contributed by atoms with Crippen molar-refractivity contribution >= 4 is 11.5 Å². The molecule has 1 atom stereocenters. The number of hydrogen-bond acceptors (Lipinski definition) is 6. The molecule has 1 unspecified atom stereocenters. The van der Waals surface area contributed by atoms with Crippen molar-refractivity contribution in [3.05, 3.63) is 45.1 Å². The number of hydrogen-bond donors (Lipinski definition) is 2. The van der Waals surface area contributed by atoms with Crippen LogP contribution in [0, 0.1) is 30.9 Å². The number of nitrogens with zero attached hydrogens (tertiary/aromatic N) is 3. The lowest BCUT2D eigenvalue weighted by Crippen LogP contribution is -2.27. The fourth-order valence-electron chi connectivity index (χ4n) is 2.54. The maximum absolute atomic E-state index is 11.1. The van der Waals surface area contributed by atoms with Gasteiger partial charge in [-0.15, -0.1) is 0 Å².